The molecular weight excluding hydrogens is 252 g/mol. The molecule has 5 nitrogen and oxygen atoms in total. The third kappa shape index (κ3) is 2.85. The molecule has 2 N–H and O–H groups in total. The second kappa shape index (κ2) is 5.16. The van der Waals surface area contributed by atoms with Gasteiger partial charge in [0.1, 0.15) is 5.82 Å². The number of anilines is 1. The molecule has 0 fully saturated rings. The number of benzene rings is 1. The van der Waals surface area contributed by atoms with Gasteiger partial charge in [-0.3, -0.25) is 4.72 Å². The molecule has 18 heavy (non-hydrogen) atoms. The smallest absolute Gasteiger partial charge is 0.263 e. The fraction of sp³-hybridized carbons (Fsp3) is 0.0833. The van der Waals surface area contributed by atoms with Crippen molar-refractivity contribution in [3.05, 3.63) is 54.2 Å². The highest BCUT2D eigenvalue weighted by atomic mass is 32.2. The van der Waals surface area contributed by atoms with E-state index >= 15 is 0 Å². The summed E-state index contributed by atoms with van der Waals surface area (Å²) in [7, 11) is -3.61. The molecule has 0 aliphatic heterocycles. The van der Waals surface area contributed by atoms with Crippen LogP contribution in [0.15, 0.2) is 53.6 Å². The van der Waals surface area contributed by atoms with Gasteiger partial charge in [0.15, 0.2) is 0 Å². The van der Waals surface area contributed by atoms with E-state index in [4.69, 9.17) is 5.11 Å². The molecule has 0 atom stereocenters. The molecule has 0 radical (unpaired) electrons. The molecule has 0 amide bonds. The zero-order valence-electron chi connectivity index (χ0n) is 9.45. The van der Waals surface area contributed by atoms with Crippen LogP contribution in [0, 0.1) is 0 Å². The Kier molecular flexibility index (Phi) is 3.59. The number of pyridine rings is 1. The fourth-order valence-corrected chi connectivity index (χ4v) is 2.40. The minimum Gasteiger partial charge on any atom is -0.392 e. The van der Waals surface area contributed by atoms with Crippen LogP contribution < -0.4 is 4.72 Å². The summed E-state index contributed by atoms with van der Waals surface area (Å²) in [5.74, 6) is 0.219. The van der Waals surface area contributed by atoms with Crippen LogP contribution in [0.2, 0.25) is 0 Å². The number of sulfonamides is 1. The first kappa shape index (κ1) is 12.5. The van der Waals surface area contributed by atoms with Gasteiger partial charge in [0.25, 0.3) is 10.0 Å². The number of aromatic nitrogens is 1. The molecule has 0 aliphatic rings. The number of nitrogens with one attached hydrogen (secondary N) is 1. The number of aliphatic hydroxyl groups excluding tert-OH is 1. The Hall–Kier alpha value is -1.92. The molecule has 0 aliphatic carbocycles. The van der Waals surface area contributed by atoms with E-state index in [1.54, 1.807) is 24.3 Å². The molecule has 0 spiro atoms. The lowest BCUT2D eigenvalue weighted by Gasteiger charge is -2.07. The van der Waals surface area contributed by atoms with Crippen molar-refractivity contribution < 1.29 is 13.5 Å². The van der Waals surface area contributed by atoms with Crippen molar-refractivity contribution in [1.29, 1.82) is 0 Å². The van der Waals surface area contributed by atoms with E-state index in [2.05, 4.69) is 9.71 Å². The third-order valence-corrected chi connectivity index (χ3v) is 3.67. The lowest BCUT2D eigenvalue weighted by atomic mass is 10.3. The van der Waals surface area contributed by atoms with E-state index < -0.39 is 10.0 Å². The van der Waals surface area contributed by atoms with Gasteiger partial charge in [0.2, 0.25) is 0 Å². The maximum atomic E-state index is 12.0. The van der Waals surface area contributed by atoms with Crippen molar-refractivity contribution in [3.63, 3.8) is 0 Å². The standard InChI is InChI=1S/C12H12N2O3S/c15-9-10-6-7-12(13-8-10)14-18(16,17)11-4-2-1-3-5-11/h1-8,15H,9H2,(H,13,14). The Bertz CT molecular complexity index is 610. The van der Waals surface area contributed by atoms with Crippen LogP contribution in [0.3, 0.4) is 0 Å². The van der Waals surface area contributed by atoms with Crippen molar-refractivity contribution in [2.75, 3.05) is 4.72 Å². The highest BCUT2D eigenvalue weighted by Gasteiger charge is 2.13. The maximum absolute atomic E-state index is 12.0. The average Bonchev–Trinajstić information content (AvgIpc) is 2.40. The lowest BCUT2D eigenvalue weighted by Crippen LogP contribution is -2.13. The van der Waals surface area contributed by atoms with E-state index in [-0.39, 0.29) is 17.3 Å². The van der Waals surface area contributed by atoms with Crippen LogP contribution >= 0.6 is 0 Å². The Morgan fingerprint density at radius 3 is 2.39 bits per heavy atom. The summed E-state index contributed by atoms with van der Waals surface area (Å²) in [6, 6.07) is 11.2. The van der Waals surface area contributed by atoms with Crippen molar-refractivity contribution >= 4 is 15.8 Å². The first-order valence-electron chi connectivity index (χ1n) is 5.25. The van der Waals surface area contributed by atoms with E-state index in [0.29, 0.717) is 5.56 Å². The topological polar surface area (TPSA) is 79.3 Å². The molecule has 1 aromatic carbocycles. The molecule has 6 heteroatoms. The Balaban J connectivity index is 2.22. The van der Waals surface area contributed by atoms with Gasteiger partial charge >= 0.3 is 0 Å². The summed E-state index contributed by atoms with van der Waals surface area (Å²) in [6.07, 6.45) is 1.42. The summed E-state index contributed by atoms with van der Waals surface area (Å²) in [4.78, 5) is 4.09. The highest BCUT2D eigenvalue weighted by molar-refractivity contribution is 7.92. The minimum atomic E-state index is -3.61. The zero-order chi connectivity index (χ0) is 13.0. The van der Waals surface area contributed by atoms with Gasteiger partial charge in [0, 0.05) is 6.20 Å². The molecule has 2 rings (SSSR count). The molecule has 0 saturated heterocycles. The Morgan fingerprint density at radius 1 is 1.11 bits per heavy atom. The summed E-state index contributed by atoms with van der Waals surface area (Å²) >= 11 is 0. The van der Waals surface area contributed by atoms with Crippen LogP contribution in [-0.4, -0.2) is 18.5 Å². The van der Waals surface area contributed by atoms with Crippen molar-refractivity contribution in [2.45, 2.75) is 11.5 Å². The summed E-state index contributed by atoms with van der Waals surface area (Å²) in [6.45, 7) is -0.126. The first-order chi connectivity index (χ1) is 8.62. The first-order valence-corrected chi connectivity index (χ1v) is 6.74. The molecule has 0 saturated carbocycles. The molecule has 1 heterocycles. The summed E-state index contributed by atoms with van der Waals surface area (Å²) in [5.41, 5.74) is 0.623. The molecule has 1 aromatic heterocycles. The largest absolute Gasteiger partial charge is 0.392 e. The second-order valence-electron chi connectivity index (χ2n) is 3.63. The summed E-state index contributed by atoms with van der Waals surface area (Å²) in [5, 5.41) is 8.86. The van der Waals surface area contributed by atoms with Crippen molar-refractivity contribution in [2.24, 2.45) is 0 Å². The van der Waals surface area contributed by atoms with Gasteiger partial charge in [-0.2, -0.15) is 0 Å². The number of nitrogens with zero attached hydrogens (tertiary/aromatic N) is 1. The number of hydrogen-bond acceptors (Lipinski definition) is 4. The van der Waals surface area contributed by atoms with Crippen molar-refractivity contribution in [3.8, 4) is 0 Å². The van der Waals surface area contributed by atoms with Crippen LogP contribution in [0.25, 0.3) is 0 Å². The Labute approximate surface area is 105 Å². The SMILES string of the molecule is O=S(=O)(Nc1ccc(CO)cn1)c1ccccc1. The van der Waals surface area contributed by atoms with E-state index in [1.807, 2.05) is 0 Å². The normalized spacial score (nSPS) is 11.2. The van der Waals surface area contributed by atoms with Gasteiger partial charge in [-0.25, -0.2) is 13.4 Å². The summed E-state index contributed by atoms with van der Waals surface area (Å²) < 4.78 is 26.3. The molecule has 2 aromatic rings. The predicted octanol–water partition coefficient (Wildman–Crippen LogP) is 1.37. The molecule has 0 bridgehead atoms. The maximum Gasteiger partial charge on any atom is 0.263 e. The van der Waals surface area contributed by atoms with Crippen LogP contribution in [0.5, 0.6) is 0 Å². The Morgan fingerprint density at radius 2 is 1.83 bits per heavy atom. The molecule has 94 valence electrons. The average molecular weight is 264 g/mol. The van der Waals surface area contributed by atoms with Gasteiger partial charge in [-0.05, 0) is 23.8 Å². The highest BCUT2D eigenvalue weighted by Crippen LogP contribution is 2.13. The van der Waals surface area contributed by atoms with Gasteiger partial charge < -0.3 is 5.11 Å². The monoisotopic (exact) mass is 264 g/mol. The lowest BCUT2D eigenvalue weighted by molar-refractivity contribution is 0.281. The minimum absolute atomic E-state index is 0.126. The zero-order valence-corrected chi connectivity index (χ0v) is 10.3. The molecular formula is C12H12N2O3S. The van der Waals surface area contributed by atoms with Gasteiger partial charge in [-0.15, -0.1) is 0 Å². The number of hydrogen-bond donors (Lipinski definition) is 2. The number of rotatable bonds is 4. The van der Waals surface area contributed by atoms with E-state index in [9.17, 15) is 8.42 Å². The van der Waals surface area contributed by atoms with E-state index in [0.717, 1.165) is 0 Å². The fourth-order valence-electron chi connectivity index (χ4n) is 1.37. The molecule has 0 unspecified atom stereocenters. The predicted molar refractivity (Wildman–Crippen MR) is 67.4 cm³/mol. The number of aliphatic hydroxyl groups is 1. The second-order valence-corrected chi connectivity index (χ2v) is 5.31. The van der Waals surface area contributed by atoms with Crippen LogP contribution in [0.1, 0.15) is 5.56 Å². The third-order valence-electron chi connectivity index (χ3n) is 2.30. The van der Waals surface area contributed by atoms with E-state index in [1.165, 1.54) is 24.4 Å². The van der Waals surface area contributed by atoms with Crippen LogP contribution in [0.4, 0.5) is 5.82 Å². The quantitative estimate of drug-likeness (QED) is 0.874. The van der Waals surface area contributed by atoms with Crippen molar-refractivity contribution in [1.82, 2.24) is 4.98 Å². The van der Waals surface area contributed by atoms with Crippen LogP contribution in [-0.2, 0) is 16.6 Å². The van der Waals surface area contributed by atoms with Gasteiger partial charge in [0.05, 0.1) is 11.5 Å². The van der Waals surface area contributed by atoms with Gasteiger partial charge in [-0.1, -0.05) is 24.3 Å².